The average molecular weight is 407 g/mol. The highest BCUT2D eigenvalue weighted by Gasteiger charge is 2.15. The zero-order valence-electron chi connectivity index (χ0n) is 15.9. The Labute approximate surface area is 173 Å². The van der Waals surface area contributed by atoms with Crippen molar-refractivity contribution in [2.45, 2.75) is 13.8 Å². The Balaban J connectivity index is 1.75. The highest BCUT2D eigenvalue weighted by molar-refractivity contribution is 6.31. The number of aromatic nitrogens is 1. The Morgan fingerprint density at radius 1 is 1.03 bits per heavy atom. The number of rotatable bonds is 5. The molecule has 1 heterocycles. The van der Waals surface area contributed by atoms with Crippen LogP contribution in [0.5, 0.6) is 0 Å². The van der Waals surface area contributed by atoms with E-state index >= 15 is 0 Å². The maximum absolute atomic E-state index is 12.6. The molecule has 0 spiro atoms. The van der Waals surface area contributed by atoms with Gasteiger partial charge in [0.05, 0.1) is 23.0 Å². The Morgan fingerprint density at radius 2 is 1.86 bits per heavy atom. The second-order valence-corrected chi connectivity index (χ2v) is 6.86. The first-order valence-electron chi connectivity index (χ1n) is 8.85. The average Bonchev–Trinajstić information content (AvgIpc) is 2.72. The van der Waals surface area contributed by atoms with Crippen molar-refractivity contribution < 1.29 is 9.59 Å². The van der Waals surface area contributed by atoms with Crippen molar-refractivity contribution in [1.29, 1.82) is 0 Å². The number of benzene rings is 2. The number of hydrogen-bond donors (Lipinski definition) is 2. The van der Waals surface area contributed by atoms with E-state index in [0.29, 0.717) is 16.3 Å². The molecule has 2 amide bonds. The van der Waals surface area contributed by atoms with Gasteiger partial charge < -0.3 is 5.32 Å². The van der Waals surface area contributed by atoms with Crippen molar-refractivity contribution in [3.05, 3.63) is 93.8 Å². The van der Waals surface area contributed by atoms with E-state index in [4.69, 9.17) is 11.6 Å². The Morgan fingerprint density at radius 3 is 2.59 bits per heavy atom. The fraction of sp³-hybridized carbons (Fsp3) is 0.0909. The molecule has 29 heavy (non-hydrogen) atoms. The van der Waals surface area contributed by atoms with Gasteiger partial charge in [-0.05, 0) is 60.9 Å². The van der Waals surface area contributed by atoms with Crippen molar-refractivity contribution in [2.24, 2.45) is 5.10 Å². The van der Waals surface area contributed by atoms with E-state index in [1.807, 2.05) is 32.0 Å². The summed E-state index contributed by atoms with van der Waals surface area (Å²) in [5.74, 6) is -0.873. The summed E-state index contributed by atoms with van der Waals surface area (Å²) in [5.41, 5.74) is 6.55. The first-order valence-corrected chi connectivity index (χ1v) is 9.23. The van der Waals surface area contributed by atoms with E-state index in [1.54, 1.807) is 36.7 Å². The van der Waals surface area contributed by atoms with Crippen molar-refractivity contribution in [3.8, 4) is 0 Å². The lowest BCUT2D eigenvalue weighted by atomic mass is 10.1. The quantitative estimate of drug-likeness (QED) is 0.487. The molecule has 0 saturated heterocycles. The molecule has 0 aliphatic rings. The van der Waals surface area contributed by atoms with Crippen LogP contribution in [0.25, 0.3) is 0 Å². The third kappa shape index (κ3) is 5.27. The summed E-state index contributed by atoms with van der Waals surface area (Å²) >= 11 is 6.04. The molecular weight excluding hydrogens is 388 g/mol. The van der Waals surface area contributed by atoms with E-state index in [1.165, 1.54) is 17.8 Å². The van der Waals surface area contributed by atoms with Crippen molar-refractivity contribution in [2.75, 3.05) is 5.32 Å². The van der Waals surface area contributed by atoms with Crippen LogP contribution in [-0.2, 0) is 0 Å². The normalized spacial score (nSPS) is 10.7. The first-order chi connectivity index (χ1) is 13.9. The Hall–Kier alpha value is -3.51. The second-order valence-electron chi connectivity index (χ2n) is 6.43. The topological polar surface area (TPSA) is 83.5 Å². The van der Waals surface area contributed by atoms with Gasteiger partial charge in [-0.3, -0.25) is 14.6 Å². The molecule has 7 heteroatoms. The summed E-state index contributed by atoms with van der Waals surface area (Å²) in [6.07, 6.45) is 4.58. The summed E-state index contributed by atoms with van der Waals surface area (Å²) in [4.78, 5) is 28.9. The summed E-state index contributed by atoms with van der Waals surface area (Å²) in [7, 11) is 0. The van der Waals surface area contributed by atoms with Gasteiger partial charge in [-0.2, -0.15) is 5.10 Å². The molecule has 3 rings (SSSR count). The highest BCUT2D eigenvalue weighted by atomic mass is 35.5. The summed E-state index contributed by atoms with van der Waals surface area (Å²) in [5, 5.41) is 7.08. The molecule has 0 aliphatic heterocycles. The minimum absolute atomic E-state index is 0.201. The number of nitrogens with zero attached hydrogens (tertiary/aromatic N) is 2. The number of amides is 2. The van der Waals surface area contributed by atoms with Gasteiger partial charge in [0, 0.05) is 17.4 Å². The zero-order chi connectivity index (χ0) is 20.8. The second kappa shape index (κ2) is 9.12. The number of carbonyl (C=O) groups excluding carboxylic acids is 2. The van der Waals surface area contributed by atoms with Gasteiger partial charge in [-0.15, -0.1) is 0 Å². The Kier molecular flexibility index (Phi) is 6.36. The zero-order valence-corrected chi connectivity index (χ0v) is 16.7. The fourth-order valence-electron chi connectivity index (χ4n) is 2.58. The van der Waals surface area contributed by atoms with Crippen LogP contribution in [0, 0.1) is 13.8 Å². The highest BCUT2D eigenvalue weighted by Crippen LogP contribution is 2.21. The molecule has 6 nitrogen and oxygen atoms in total. The van der Waals surface area contributed by atoms with Gasteiger partial charge in [0.15, 0.2) is 0 Å². The number of hydrazone groups is 1. The van der Waals surface area contributed by atoms with Crippen molar-refractivity contribution in [1.82, 2.24) is 10.4 Å². The van der Waals surface area contributed by atoms with Gasteiger partial charge in [0.1, 0.15) is 0 Å². The monoisotopic (exact) mass is 406 g/mol. The number of carbonyl (C=O) groups is 2. The van der Waals surface area contributed by atoms with Gasteiger partial charge in [-0.25, -0.2) is 5.43 Å². The molecule has 146 valence electrons. The van der Waals surface area contributed by atoms with Crippen molar-refractivity contribution >= 4 is 35.3 Å². The third-order valence-corrected chi connectivity index (χ3v) is 4.54. The van der Waals surface area contributed by atoms with Crippen LogP contribution in [0.1, 0.15) is 37.4 Å². The van der Waals surface area contributed by atoms with Gasteiger partial charge >= 0.3 is 0 Å². The Bertz CT molecular complexity index is 1080. The third-order valence-electron chi connectivity index (χ3n) is 4.31. The molecule has 0 radical (unpaired) electrons. The van der Waals surface area contributed by atoms with E-state index in [0.717, 1.165) is 11.1 Å². The van der Waals surface area contributed by atoms with Crippen LogP contribution < -0.4 is 10.7 Å². The summed E-state index contributed by atoms with van der Waals surface area (Å²) in [6.45, 7) is 4.03. The molecule has 1 aromatic heterocycles. The van der Waals surface area contributed by atoms with Crippen LogP contribution in [-0.4, -0.2) is 23.0 Å². The van der Waals surface area contributed by atoms with E-state index in [2.05, 4.69) is 20.8 Å². The number of aryl methyl sites for hydroxylation is 2. The van der Waals surface area contributed by atoms with Crippen LogP contribution >= 0.6 is 11.6 Å². The number of hydrogen-bond acceptors (Lipinski definition) is 4. The standard InChI is InChI=1S/C22H19ClN4O2/c1-14-5-6-16(10-15(14)2)12-25-27-22(29)19-11-18(23)7-8-20(19)26-21(28)17-4-3-9-24-13-17/h3-13H,1-2H3,(H,26,28)(H,27,29)/b25-12+. The molecular formula is C22H19ClN4O2. The molecule has 0 fully saturated rings. The lowest BCUT2D eigenvalue weighted by Gasteiger charge is -2.10. The molecule has 0 aliphatic carbocycles. The molecule has 0 bridgehead atoms. The number of halogens is 1. The summed E-state index contributed by atoms with van der Waals surface area (Å²) < 4.78 is 0. The minimum Gasteiger partial charge on any atom is -0.321 e. The minimum atomic E-state index is -0.492. The maximum Gasteiger partial charge on any atom is 0.273 e. The summed E-state index contributed by atoms with van der Waals surface area (Å²) in [6, 6.07) is 13.8. The number of pyridine rings is 1. The van der Waals surface area contributed by atoms with E-state index in [-0.39, 0.29) is 11.5 Å². The lowest BCUT2D eigenvalue weighted by Crippen LogP contribution is -2.21. The van der Waals surface area contributed by atoms with Crippen LogP contribution in [0.3, 0.4) is 0 Å². The molecule has 0 atom stereocenters. The SMILES string of the molecule is Cc1ccc(/C=N/NC(=O)c2cc(Cl)ccc2NC(=O)c2cccnc2)cc1C. The molecule has 0 unspecified atom stereocenters. The van der Waals surface area contributed by atoms with E-state index < -0.39 is 5.91 Å². The fourth-order valence-corrected chi connectivity index (χ4v) is 2.75. The van der Waals surface area contributed by atoms with E-state index in [9.17, 15) is 9.59 Å². The predicted molar refractivity (Wildman–Crippen MR) is 115 cm³/mol. The smallest absolute Gasteiger partial charge is 0.273 e. The van der Waals surface area contributed by atoms with Crippen LogP contribution in [0.2, 0.25) is 5.02 Å². The van der Waals surface area contributed by atoms with Gasteiger partial charge in [0.2, 0.25) is 0 Å². The largest absolute Gasteiger partial charge is 0.321 e. The van der Waals surface area contributed by atoms with Crippen LogP contribution in [0.4, 0.5) is 5.69 Å². The molecule has 2 N–H and O–H groups in total. The molecule has 2 aromatic carbocycles. The molecule has 0 saturated carbocycles. The predicted octanol–water partition coefficient (Wildman–Crippen LogP) is 4.37. The van der Waals surface area contributed by atoms with Crippen LogP contribution in [0.15, 0.2) is 66.0 Å². The number of nitrogens with one attached hydrogen (secondary N) is 2. The van der Waals surface area contributed by atoms with Gasteiger partial charge in [-0.1, -0.05) is 29.8 Å². The lowest BCUT2D eigenvalue weighted by molar-refractivity contribution is 0.0956. The van der Waals surface area contributed by atoms with Crippen molar-refractivity contribution in [3.63, 3.8) is 0 Å². The maximum atomic E-state index is 12.6. The van der Waals surface area contributed by atoms with Gasteiger partial charge in [0.25, 0.3) is 11.8 Å². The number of anilines is 1. The first kappa shape index (κ1) is 20.2. The molecule has 3 aromatic rings.